The molecule has 1 saturated heterocycles. The highest BCUT2D eigenvalue weighted by atomic mass is 32.2. The average Bonchev–Trinajstić information content (AvgIpc) is 3.53. The van der Waals surface area contributed by atoms with Crippen LogP contribution in [0.3, 0.4) is 0 Å². The Morgan fingerprint density at radius 1 is 1.06 bits per heavy atom. The van der Waals surface area contributed by atoms with Crippen molar-refractivity contribution in [1.29, 1.82) is 0 Å². The minimum atomic E-state index is -1.96. The van der Waals surface area contributed by atoms with Gasteiger partial charge in [-0.1, -0.05) is 24.3 Å². The van der Waals surface area contributed by atoms with Crippen molar-refractivity contribution in [2.24, 2.45) is 5.92 Å². The number of carbonyl (C=O) groups is 2. The number of carbonyl (C=O) groups excluding carboxylic acids is 2. The van der Waals surface area contributed by atoms with Crippen LogP contribution in [-0.4, -0.2) is 58.0 Å². The zero-order valence-corrected chi connectivity index (χ0v) is 20.2. The summed E-state index contributed by atoms with van der Waals surface area (Å²) in [4.78, 5) is 27.5. The second-order valence-corrected chi connectivity index (χ2v) is 10.1. The van der Waals surface area contributed by atoms with Crippen LogP contribution < -0.4 is 5.32 Å². The van der Waals surface area contributed by atoms with Crippen LogP contribution in [0.5, 0.6) is 0 Å². The number of nitrogens with one attached hydrogen (secondary N) is 1. The topological polar surface area (TPSA) is 89.9 Å². The minimum absolute atomic E-state index is 0.00230. The maximum Gasteiger partial charge on any atom is 0.255 e. The second-order valence-electron chi connectivity index (χ2n) is 8.99. The Hall–Kier alpha value is -2.82. The van der Waals surface area contributed by atoms with Crippen LogP contribution in [-0.2, 0) is 16.0 Å². The molecule has 2 aromatic carbocycles. The maximum absolute atomic E-state index is 13.9. The Morgan fingerprint density at radius 2 is 1.78 bits per heavy atom. The van der Waals surface area contributed by atoms with Gasteiger partial charge in [-0.2, -0.15) is 0 Å². The van der Waals surface area contributed by atoms with Crippen molar-refractivity contribution >= 4 is 23.6 Å². The van der Waals surface area contributed by atoms with E-state index in [0.29, 0.717) is 42.7 Å². The molecule has 6 nitrogen and oxygen atoms in total. The van der Waals surface area contributed by atoms with Gasteiger partial charge in [0.1, 0.15) is 17.5 Å². The van der Waals surface area contributed by atoms with Gasteiger partial charge in [-0.05, 0) is 54.5 Å². The van der Waals surface area contributed by atoms with E-state index in [4.69, 9.17) is 0 Å². The van der Waals surface area contributed by atoms with Crippen LogP contribution in [0.4, 0.5) is 13.2 Å². The van der Waals surface area contributed by atoms with Crippen molar-refractivity contribution < 1.29 is 33.0 Å². The lowest BCUT2D eigenvalue weighted by molar-refractivity contribution is -0.153. The van der Waals surface area contributed by atoms with Gasteiger partial charge in [-0.25, -0.2) is 13.2 Å². The molecule has 0 aliphatic carbocycles. The van der Waals surface area contributed by atoms with E-state index in [-0.39, 0.29) is 18.5 Å². The average molecular weight is 521 g/mol. The van der Waals surface area contributed by atoms with Crippen LogP contribution in [0.2, 0.25) is 0 Å². The number of halogens is 3. The molecule has 2 aliphatic rings. The predicted molar refractivity (Wildman–Crippen MR) is 129 cm³/mol. The maximum atomic E-state index is 13.9. The van der Waals surface area contributed by atoms with Crippen molar-refractivity contribution in [1.82, 2.24) is 10.2 Å². The largest absolute Gasteiger partial charge is 0.380 e. The van der Waals surface area contributed by atoms with Gasteiger partial charge in [0.2, 0.25) is 0 Å². The number of nitrogens with zero attached hydrogens (tertiary/aromatic N) is 1. The van der Waals surface area contributed by atoms with Crippen LogP contribution in [0, 0.1) is 23.4 Å². The molecule has 2 heterocycles. The number of thioether (sulfide) groups is 1. The molecule has 0 saturated carbocycles. The smallest absolute Gasteiger partial charge is 0.255 e. The summed E-state index contributed by atoms with van der Waals surface area (Å²) in [7, 11) is 0. The molecule has 2 amide bonds. The molecule has 2 aliphatic heterocycles. The lowest BCUT2D eigenvalue weighted by Gasteiger charge is -2.28. The summed E-state index contributed by atoms with van der Waals surface area (Å²) in [6, 6.07) is 8.85. The molecule has 4 atom stereocenters. The van der Waals surface area contributed by atoms with E-state index in [0.717, 1.165) is 11.0 Å². The summed E-state index contributed by atoms with van der Waals surface area (Å²) < 4.78 is 40.3. The molecule has 10 heteroatoms. The summed E-state index contributed by atoms with van der Waals surface area (Å²) in [5.74, 6) is -2.62. The number of hydrogen-bond donors (Lipinski definition) is 3. The fourth-order valence-electron chi connectivity index (χ4n) is 4.56. The van der Waals surface area contributed by atoms with Gasteiger partial charge in [0, 0.05) is 29.8 Å². The number of amides is 2. The number of aliphatic hydroxyl groups excluding tert-OH is 2. The molecular weight excluding hydrogens is 493 g/mol. The fraction of sp³-hybridized carbons (Fsp3) is 0.385. The Bertz CT molecular complexity index is 1140. The van der Waals surface area contributed by atoms with E-state index in [1.165, 1.54) is 40.9 Å². The van der Waals surface area contributed by atoms with Gasteiger partial charge in [-0.3, -0.25) is 9.59 Å². The van der Waals surface area contributed by atoms with Crippen LogP contribution in [0.1, 0.15) is 30.0 Å². The lowest BCUT2D eigenvalue weighted by Crippen LogP contribution is -2.50. The first-order valence-electron chi connectivity index (χ1n) is 11.7. The first kappa shape index (κ1) is 26.2. The first-order chi connectivity index (χ1) is 17.2. The zero-order valence-electron chi connectivity index (χ0n) is 19.4. The SMILES string of the molecule is O=C(NCC1=CC(Cc2ccc(F)cc2F)CS1)[C@H](O)[C@@H](O)C(=O)N1CCCC1c1ccc(F)cc1. The number of hydrogen-bond acceptors (Lipinski definition) is 5. The van der Waals surface area contributed by atoms with Gasteiger partial charge in [-0.15, -0.1) is 11.8 Å². The Kier molecular flexibility index (Phi) is 8.38. The molecule has 0 radical (unpaired) electrons. The molecule has 4 rings (SSSR count). The van der Waals surface area contributed by atoms with Crippen molar-refractivity contribution in [3.63, 3.8) is 0 Å². The molecule has 3 N–H and O–H groups in total. The van der Waals surface area contributed by atoms with E-state index >= 15 is 0 Å². The molecule has 192 valence electrons. The van der Waals surface area contributed by atoms with E-state index in [1.807, 2.05) is 6.08 Å². The van der Waals surface area contributed by atoms with Gasteiger partial charge < -0.3 is 20.4 Å². The standard InChI is InChI=1S/C26H27F3N2O4S/c27-18-6-3-16(4-7-18)22-2-1-9-31(22)26(35)24(33)23(32)25(34)30-13-20-11-15(14-36-20)10-17-5-8-19(28)12-21(17)29/h3-8,11-12,15,22-24,32-33H,1-2,9-10,13-14H2,(H,30,34)/t15?,22?,23-,24-/m1/s1. The normalized spacial score (nSPS) is 21.2. The van der Waals surface area contributed by atoms with Gasteiger partial charge in [0.05, 0.1) is 6.04 Å². The Balaban J connectivity index is 1.30. The van der Waals surface area contributed by atoms with Crippen LogP contribution in [0.25, 0.3) is 0 Å². The molecule has 2 unspecified atom stereocenters. The summed E-state index contributed by atoms with van der Waals surface area (Å²) in [6.07, 6.45) is -0.317. The van der Waals surface area contributed by atoms with E-state index in [2.05, 4.69) is 5.32 Å². The minimum Gasteiger partial charge on any atom is -0.380 e. The second kappa shape index (κ2) is 11.5. The van der Waals surface area contributed by atoms with Crippen molar-refractivity contribution in [3.05, 3.63) is 82.0 Å². The molecule has 1 fully saturated rings. The van der Waals surface area contributed by atoms with Gasteiger partial charge in [0.15, 0.2) is 12.2 Å². The highest BCUT2D eigenvalue weighted by molar-refractivity contribution is 8.03. The molecular formula is C26H27F3N2O4S. The van der Waals surface area contributed by atoms with Gasteiger partial charge in [0.25, 0.3) is 11.8 Å². The summed E-state index contributed by atoms with van der Waals surface area (Å²) in [5.41, 5.74) is 1.12. The number of benzene rings is 2. The quantitative estimate of drug-likeness (QED) is 0.498. The van der Waals surface area contributed by atoms with E-state index < -0.39 is 41.5 Å². The summed E-state index contributed by atoms with van der Waals surface area (Å²) in [6.45, 7) is 0.442. The highest BCUT2D eigenvalue weighted by Gasteiger charge is 2.38. The fourth-order valence-corrected chi connectivity index (χ4v) is 5.66. The molecule has 0 bridgehead atoms. The third-order valence-electron chi connectivity index (χ3n) is 6.45. The summed E-state index contributed by atoms with van der Waals surface area (Å²) in [5, 5.41) is 23.3. The number of aliphatic hydroxyl groups is 2. The number of likely N-dealkylation sites (tertiary alicyclic amines) is 1. The highest BCUT2D eigenvalue weighted by Crippen LogP contribution is 2.33. The lowest BCUT2D eigenvalue weighted by atomic mass is 10.00. The third kappa shape index (κ3) is 6.11. The van der Waals surface area contributed by atoms with Crippen LogP contribution in [0.15, 0.2) is 53.4 Å². The molecule has 36 heavy (non-hydrogen) atoms. The van der Waals surface area contributed by atoms with Crippen molar-refractivity contribution in [2.45, 2.75) is 37.5 Å². The van der Waals surface area contributed by atoms with Crippen LogP contribution >= 0.6 is 11.8 Å². The third-order valence-corrected chi connectivity index (χ3v) is 7.70. The van der Waals surface area contributed by atoms with Crippen molar-refractivity contribution in [3.8, 4) is 0 Å². The molecule has 0 aromatic heterocycles. The molecule has 0 spiro atoms. The monoisotopic (exact) mass is 520 g/mol. The van der Waals surface area contributed by atoms with Gasteiger partial charge >= 0.3 is 0 Å². The van der Waals surface area contributed by atoms with Crippen molar-refractivity contribution in [2.75, 3.05) is 18.8 Å². The number of allylic oxidation sites excluding steroid dienone is 1. The van der Waals surface area contributed by atoms with E-state index in [9.17, 15) is 33.0 Å². The number of rotatable bonds is 8. The zero-order chi connectivity index (χ0) is 25.8. The predicted octanol–water partition coefficient (Wildman–Crippen LogP) is 3.10. The van der Waals surface area contributed by atoms with E-state index in [1.54, 1.807) is 12.1 Å². The Morgan fingerprint density at radius 3 is 2.50 bits per heavy atom. The molecule has 2 aromatic rings. The first-order valence-corrected chi connectivity index (χ1v) is 12.7. The Labute approximate surface area is 211 Å². The summed E-state index contributed by atoms with van der Waals surface area (Å²) >= 11 is 1.47.